The molecule has 0 radical (unpaired) electrons. The van der Waals surface area contributed by atoms with Crippen molar-refractivity contribution in [3.8, 4) is 5.88 Å². The Kier molecular flexibility index (Phi) is 5.09. The topological polar surface area (TPSA) is 51.5 Å². The zero-order chi connectivity index (χ0) is 19.7. The Bertz CT molecular complexity index is 1080. The third kappa shape index (κ3) is 3.62. The number of halogens is 1. The summed E-state index contributed by atoms with van der Waals surface area (Å²) < 4.78 is 7.24. The van der Waals surface area contributed by atoms with Crippen molar-refractivity contribution in [2.24, 2.45) is 0 Å². The number of nitrogens with zero attached hydrogens (tertiary/aromatic N) is 3. The molecule has 4 rings (SSSR count). The highest BCUT2D eigenvalue weighted by Gasteiger charge is 2.16. The summed E-state index contributed by atoms with van der Waals surface area (Å²) >= 11 is 6.43. The normalized spacial score (nSPS) is 14.4. The molecule has 0 spiro atoms. The summed E-state index contributed by atoms with van der Waals surface area (Å²) in [4.78, 5) is 8.98. The Hall–Kier alpha value is -2.79. The highest BCUT2D eigenvalue weighted by molar-refractivity contribution is 6.33. The lowest BCUT2D eigenvalue weighted by Gasteiger charge is -2.11. The molecule has 3 heterocycles. The standard InChI is InChI=1S/C22H23ClN4O/c1-14-10-19(23)22-25-15(2)21(27(22)13-14)16-6-4-5-7-17(11-16)26-18-8-9-20(28-3)24-12-18/h6,8-13,26H,4-5,7H2,1-3H3. The first kappa shape index (κ1) is 18.6. The monoisotopic (exact) mass is 394 g/mol. The van der Waals surface area contributed by atoms with Crippen molar-refractivity contribution < 1.29 is 4.74 Å². The molecule has 6 heteroatoms. The highest BCUT2D eigenvalue weighted by Crippen LogP contribution is 2.30. The fourth-order valence-corrected chi connectivity index (χ4v) is 3.89. The van der Waals surface area contributed by atoms with Gasteiger partial charge in [-0.15, -0.1) is 0 Å². The predicted octanol–water partition coefficient (Wildman–Crippen LogP) is 5.57. The van der Waals surface area contributed by atoms with E-state index >= 15 is 0 Å². The molecule has 3 aromatic heterocycles. The van der Waals surface area contributed by atoms with Gasteiger partial charge in [0.25, 0.3) is 0 Å². The number of methoxy groups -OCH3 is 1. The van der Waals surface area contributed by atoms with Gasteiger partial charge in [-0.1, -0.05) is 17.7 Å². The number of allylic oxidation sites excluding steroid dienone is 4. The van der Waals surface area contributed by atoms with Crippen molar-refractivity contribution in [3.63, 3.8) is 0 Å². The van der Waals surface area contributed by atoms with Gasteiger partial charge < -0.3 is 10.1 Å². The average Bonchev–Trinajstić information content (AvgIpc) is 2.85. The van der Waals surface area contributed by atoms with Crippen LogP contribution in [0.5, 0.6) is 5.88 Å². The number of imidazole rings is 1. The van der Waals surface area contributed by atoms with Crippen molar-refractivity contribution >= 4 is 28.5 Å². The summed E-state index contributed by atoms with van der Waals surface area (Å²) in [5.41, 5.74) is 7.24. The van der Waals surface area contributed by atoms with E-state index in [1.54, 1.807) is 13.3 Å². The van der Waals surface area contributed by atoms with Crippen molar-refractivity contribution in [2.75, 3.05) is 12.4 Å². The van der Waals surface area contributed by atoms with Crippen LogP contribution in [0.3, 0.4) is 0 Å². The molecular weight excluding hydrogens is 372 g/mol. The van der Waals surface area contributed by atoms with Crippen molar-refractivity contribution in [2.45, 2.75) is 33.1 Å². The number of aryl methyl sites for hydroxylation is 2. The molecule has 28 heavy (non-hydrogen) atoms. The second kappa shape index (κ2) is 7.68. The predicted molar refractivity (Wildman–Crippen MR) is 114 cm³/mol. The minimum Gasteiger partial charge on any atom is -0.481 e. The number of ether oxygens (including phenoxy) is 1. The maximum Gasteiger partial charge on any atom is 0.213 e. The second-order valence-electron chi connectivity index (χ2n) is 7.04. The van der Waals surface area contributed by atoms with Gasteiger partial charge >= 0.3 is 0 Å². The highest BCUT2D eigenvalue weighted by atomic mass is 35.5. The van der Waals surface area contributed by atoms with Crippen LogP contribution in [0.1, 0.15) is 36.2 Å². The van der Waals surface area contributed by atoms with E-state index in [0.29, 0.717) is 10.9 Å². The first-order valence-electron chi connectivity index (χ1n) is 9.38. The maximum absolute atomic E-state index is 6.43. The Morgan fingerprint density at radius 3 is 2.86 bits per heavy atom. The van der Waals surface area contributed by atoms with Crippen LogP contribution in [-0.2, 0) is 0 Å². The molecule has 5 nitrogen and oxygen atoms in total. The minimum absolute atomic E-state index is 0.606. The Labute approximate surface area is 169 Å². The number of anilines is 1. The molecule has 144 valence electrons. The molecule has 0 atom stereocenters. The number of aromatic nitrogens is 3. The summed E-state index contributed by atoms with van der Waals surface area (Å²) in [5, 5.41) is 4.18. The zero-order valence-electron chi connectivity index (χ0n) is 16.3. The summed E-state index contributed by atoms with van der Waals surface area (Å²) in [7, 11) is 1.62. The van der Waals surface area contributed by atoms with E-state index in [1.165, 1.54) is 0 Å². The van der Waals surface area contributed by atoms with Crippen molar-refractivity contribution in [1.82, 2.24) is 14.4 Å². The van der Waals surface area contributed by atoms with E-state index in [1.807, 2.05) is 32.0 Å². The lowest BCUT2D eigenvalue weighted by Crippen LogP contribution is -2.01. The van der Waals surface area contributed by atoms with Crippen LogP contribution in [0.4, 0.5) is 5.69 Å². The fourth-order valence-electron chi connectivity index (χ4n) is 3.59. The molecule has 1 aliphatic carbocycles. The fraction of sp³-hybridized carbons (Fsp3) is 0.273. The first-order valence-corrected chi connectivity index (χ1v) is 9.76. The number of rotatable bonds is 4. The lowest BCUT2D eigenvalue weighted by molar-refractivity contribution is 0.398. The van der Waals surface area contributed by atoms with E-state index in [-0.39, 0.29) is 0 Å². The molecule has 0 aliphatic heterocycles. The summed E-state index contributed by atoms with van der Waals surface area (Å²) in [5.74, 6) is 0.606. The van der Waals surface area contributed by atoms with Gasteiger partial charge in [0.05, 0.1) is 35.4 Å². The van der Waals surface area contributed by atoms with Gasteiger partial charge in [-0.3, -0.25) is 4.40 Å². The maximum atomic E-state index is 6.43. The average molecular weight is 395 g/mol. The van der Waals surface area contributed by atoms with Gasteiger partial charge in [-0.25, -0.2) is 9.97 Å². The molecule has 0 saturated carbocycles. The third-order valence-corrected chi connectivity index (χ3v) is 5.13. The Morgan fingerprint density at radius 2 is 2.11 bits per heavy atom. The first-order chi connectivity index (χ1) is 13.5. The largest absolute Gasteiger partial charge is 0.481 e. The van der Waals surface area contributed by atoms with Crippen molar-refractivity contribution in [3.05, 3.63) is 70.4 Å². The second-order valence-corrected chi connectivity index (χ2v) is 7.45. The molecule has 0 saturated heterocycles. The van der Waals surface area contributed by atoms with Crippen LogP contribution in [0, 0.1) is 13.8 Å². The van der Waals surface area contributed by atoms with Gasteiger partial charge in [0.15, 0.2) is 5.65 Å². The van der Waals surface area contributed by atoms with Crippen LogP contribution < -0.4 is 10.1 Å². The van der Waals surface area contributed by atoms with Crippen LogP contribution >= 0.6 is 11.6 Å². The minimum atomic E-state index is 0.606. The van der Waals surface area contributed by atoms with E-state index in [4.69, 9.17) is 21.3 Å². The van der Waals surface area contributed by atoms with Gasteiger partial charge in [-0.05, 0) is 62.5 Å². The zero-order valence-corrected chi connectivity index (χ0v) is 17.0. The molecule has 0 fully saturated rings. The van der Waals surface area contributed by atoms with E-state index in [2.05, 4.69) is 33.1 Å². The van der Waals surface area contributed by atoms with E-state index < -0.39 is 0 Å². The molecule has 1 aliphatic rings. The van der Waals surface area contributed by atoms with Gasteiger partial charge in [0, 0.05) is 18.0 Å². The molecule has 1 N–H and O–H groups in total. The lowest BCUT2D eigenvalue weighted by atomic mass is 10.1. The smallest absolute Gasteiger partial charge is 0.213 e. The third-order valence-electron chi connectivity index (χ3n) is 4.85. The number of hydrogen-bond donors (Lipinski definition) is 1. The molecule has 0 amide bonds. The van der Waals surface area contributed by atoms with Crippen LogP contribution in [0.2, 0.25) is 5.02 Å². The molecular formula is C22H23ClN4O. The molecule has 0 bridgehead atoms. The molecule has 0 unspecified atom stereocenters. The Balaban J connectivity index is 1.72. The number of fused-ring (bicyclic) bond motifs is 1. The molecule has 0 aromatic carbocycles. The molecule has 3 aromatic rings. The SMILES string of the molecule is COc1ccc(NC2=CC(c3c(C)nc4c(Cl)cc(C)cn34)=CCCC2)cn1. The van der Waals surface area contributed by atoms with Crippen LogP contribution in [-0.4, -0.2) is 21.5 Å². The van der Waals surface area contributed by atoms with Crippen molar-refractivity contribution in [1.29, 1.82) is 0 Å². The summed E-state index contributed by atoms with van der Waals surface area (Å²) in [6.07, 6.45) is 11.5. The van der Waals surface area contributed by atoms with Crippen LogP contribution in [0.15, 0.2) is 48.4 Å². The van der Waals surface area contributed by atoms with Gasteiger partial charge in [-0.2, -0.15) is 0 Å². The van der Waals surface area contributed by atoms with E-state index in [0.717, 1.165) is 58.8 Å². The number of pyridine rings is 2. The van der Waals surface area contributed by atoms with E-state index in [9.17, 15) is 0 Å². The number of nitrogens with one attached hydrogen (secondary N) is 1. The van der Waals surface area contributed by atoms with Gasteiger partial charge in [0.2, 0.25) is 5.88 Å². The van der Waals surface area contributed by atoms with Gasteiger partial charge in [0.1, 0.15) is 0 Å². The van der Waals surface area contributed by atoms with Crippen LogP contribution in [0.25, 0.3) is 11.2 Å². The number of hydrogen-bond acceptors (Lipinski definition) is 4. The summed E-state index contributed by atoms with van der Waals surface area (Å²) in [6.45, 7) is 4.08. The summed E-state index contributed by atoms with van der Waals surface area (Å²) in [6, 6.07) is 5.79. The Morgan fingerprint density at radius 1 is 1.25 bits per heavy atom. The quantitative estimate of drug-likeness (QED) is 0.628.